The van der Waals surface area contributed by atoms with Gasteiger partial charge in [0, 0.05) is 25.2 Å². The Labute approximate surface area is 168 Å². The number of thioether (sulfide) groups is 1. The van der Waals surface area contributed by atoms with Gasteiger partial charge in [0.2, 0.25) is 16.9 Å². The van der Waals surface area contributed by atoms with Crippen molar-refractivity contribution in [3.63, 3.8) is 0 Å². The topological polar surface area (TPSA) is 92.8 Å². The predicted molar refractivity (Wildman–Crippen MR) is 109 cm³/mol. The SMILES string of the molecule is CCN(CC)C(=O)C(NC(=O)C(C)C)C(C)(C)SC(=O)CC(=O)OC(C)C.[HH]. The minimum Gasteiger partial charge on any atom is -0.463 e. The second-order valence-corrected chi connectivity index (χ2v) is 9.11. The van der Waals surface area contributed by atoms with Gasteiger partial charge in [0.1, 0.15) is 12.5 Å². The van der Waals surface area contributed by atoms with Crippen molar-refractivity contribution in [3.8, 4) is 0 Å². The molecule has 7 nitrogen and oxygen atoms in total. The van der Waals surface area contributed by atoms with Gasteiger partial charge in [-0.2, -0.15) is 0 Å². The van der Waals surface area contributed by atoms with E-state index in [4.69, 9.17) is 4.74 Å². The maximum atomic E-state index is 13.0. The van der Waals surface area contributed by atoms with Gasteiger partial charge < -0.3 is 15.0 Å². The number of carbonyl (C=O) groups excluding carboxylic acids is 4. The van der Waals surface area contributed by atoms with E-state index in [1.165, 1.54) is 0 Å². The summed E-state index contributed by atoms with van der Waals surface area (Å²) in [5, 5.41) is 2.38. The lowest BCUT2D eigenvalue weighted by molar-refractivity contribution is -0.148. The van der Waals surface area contributed by atoms with E-state index in [-0.39, 0.29) is 31.7 Å². The highest BCUT2D eigenvalue weighted by Crippen LogP contribution is 2.31. The fourth-order valence-corrected chi connectivity index (χ4v) is 3.42. The number of likely N-dealkylation sites (N-methyl/N-ethyl adjacent to an activating group) is 1. The van der Waals surface area contributed by atoms with Gasteiger partial charge in [0.15, 0.2) is 0 Å². The molecule has 0 aromatic heterocycles. The predicted octanol–water partition coefficient (Wildman–Crippen LogP) is 2.62. The van der Waals surface area contributed by atoms with Crippen LogP contribution in [0, 0.1) is 5.92 Å². The molecule has 0 bridgehead atoms. The molecule has 0 spiro atoms. The normalized spacial score (nSPS) is 12.7. The Balaban J connectivity index is 0. The van der Waals surface area contributed by atoms with Crippen LogP contribution in [0.2, 0.25) is 0 Å². The number of hydrogen-bond donors (Lipinski definition) is 1. The lowest BCUT2D eigenvalue weighted by Gasteiger charge is -2.36. The van der Waals surface area contributed by atoms with Crippen LogP contribution in [0.4, 0.5) is 0 Å². The van der Waals surface area contributed by atoms with Gasteiger partial charge in [-0.15, -0.1) is 0 Å². The first-order valence-electron chi connectivity index (χ1n) is 9.36. The minimum atomic E-state index is -0.931. The summed E-state index contributed by atoms with van der Waals surface area (Å²) in [6.07, 6.45) is -0.679. The highest BCUT2D eigenvalue weighted by Gasteiger charge is 2.41. The number of rotatable bonds is 10. The zero-order valence-corrected chi connectivity index (χ0v) is 18.6. The maximum absolute atomic E-state index is 13.0. The molecule has 1 N–H and O–H groups in total. The molecule has 0 saturated heterocycles. The maximum Gasteiger partial charge on any atom is 0.314 e. The molecule has 0 saturated carbocycles. The monoisotopic (exact) mass is 404 g/mol. The third-order valence-electron chi connectivity index (χ3n) is 3.86. The molecule has 0 heterocycles. The third-order valence-corrected chi connectivity index (χ3v) is 4.99. The van der Waals surface area contributed by atoms with Crippen LogP contribution in [0.25, 0.3) is 0 Å². The quantitative estimate of drug-likeness (QED) is 0.444. The van der Waals surface area contributed by atoms with Gasteiger partial charge in [-0.25, -0.2) is 0 Å². The van der Waals surface area contributed by atoms with Crippen LogP contribution in [0.3, 0.4) is 0 Å². The zero-order valence-electron chi connectivity index (χ0n) is 17.8. The smallest absolute Gasteiger partial charge is 0.314 e. The molecular weight excluding hydrogens is 368 g/mol. The second kappa shape index (κ2) is 11.3. The van der Waals surface area contributed by atoms with E-state index in [1.54, 1.807) is 46.4 Å². The Kier molecular flexibility index (Phi) is 10.7. The summed E-state index contributed by atoms with van der Waals surface area (Å²) in [6.45, 7) is 15.0. The molecule has 0 aliphatic heterocycles. The number of ether oxygens (including phenoxy) is 1. The first-order valence-corrected chi connectivity index (χ1v) is 10.2. The lowest BCUT2D eigenvalue weighted by atomic mass is 10.0. The van der Waals surface area contributed by atoms with Crippen molar-refractivity contribution < 1.29 is 25.3 Å². The molecular formula is C19H36N2O5S. The van der Waals surface area contributed by atoms with E-state index in [9.17, 15) is 19.2 Å². The van der Waals surface area contributed by atoms with E-state index >= 15 is 0 Å². The molecule has 27 heavy (non-hydrogen) atoms. The van der Waals surface area contributed by atoms with Crippen molar-refractivity contribution in [3.05, 3.63) is 0 Å². The molecule has 8 heteroatoms. The van der Waals surface area contributed by atoms with E-state index < -0.39 is 21.9 Å². The molecule has 0 aliphatic rings. The largest absolute Gasteiger partial charge is 0.463 e. The van der Waals surface area contributed by atoms with Crippen LogP contribution in [-0.2, 0) is 23.9 Å². The van der Waals surface area contributed by atoms with Crippen molar-refractivity contribution in [2.24, 2.45) is 5.92 Å². The van der Waals surface area contributed by atoms with Gasteiger partial charge in [-0.05, 0) is 41.5 Å². The molecule has 2 amide bonds. The van der Waals surface area contributed by atoms with Crippen LogP contribution in [0.15, 0.2) is 0 Å². The second-order valence-electron chi connectivity index (χ2n) is 7.40. The summed E-state index contributed by atoms with van der Waals surface area (Å²) in [4.78, 5) is 50.9. The Morgan fingerprint density at radius 1 is 1.07 bits per heavy atom. The van der Waals surface area contributed by atoms with Crippen LogP contribution in [-0.4, -0.2) is 57.8 Å². The molecule has 0 aliphatic carbocycles. The number of carbonyl (C=O) groups is 4. The number of hydrogen-bond acceptors (Lipinski definition) is 6. The van der Waals surface area contributed by atoms with E-state index in [2.05, 4.69) is 5.32 Å². The Hall–Kier alpha value is -1.57. The third kappa shape index (κ3) is 8.77. The van der Waals surface area contributed by atoms with Gasteiger partial charge in [0.05, 0.1) is 6.10 Å². The summed E-state index contributed by atoms with van der Waals surface area (Å²) in [6, 6.07) is -0.887. The summed E-state index contributed by atoms with van der Waals surface area (Å²) < 4.78 is 4.06. The van der Waals surface area contributed by atoms with Gasteiger partial charge in [-0.3, -0.25) is 19.2 Å². The highest BCUT2D eigenvalue weighted by atomic mass is 32.2. The number of amides is 2. The Morgan fingerprint density at radius 3 is 2.00 bits per heavy atom. The van der Waals surface area contributed by atoms with Crippen molar-refractivity contribution in [2.75, 3.05) is 13.1 Å². The average Bonchev–Trinajstić information content (AvgIpc) is 2.51. The molecule has 0 rings (SSSR count). The van der Waals surface area contributed by atoms with E-state index in [0.29, 0.717) is 13.1 Å². The molecule has 0 aromatic carbocycles. The summed E-state index contributed by atoms with van der Waals surface area (Å²) in [5.74, 6) is -1.41. The summed E-state index contributed by atoms with van der Waals surface area (Å²) >= 11 is 0.884. The summed E-state index contributed by atoms with van der Waals surface area (Å²) in [7, 11) is 0. The molecule has 0 aromatic rings. The number of nitrogens with one attached hydrogen (secondary N) is 1. The molecule has 1 atom stereocenters. The van der Waals surface area contributed by atoms with Gasteiger partial charge >= 0.3 is 5.97 Å². The fourth-order valence-electron chi connectivity index (χ4n) is 2.37. The van der Waals surface area contributed by atoms with Gasteiger partial charge in [-0.1, -0.05) is 25.6 Å². The first kappa shape index (κ1) is 25.4. The van der Waals surface area contributed by atoms with E-state index in [1.807, 2.05) is 13.8 Å². The highest BCUT2D eigenvalue weighted by molar-refractivity contribution is 8.14. The zero-order chi connectivity index (χ0) is 21.4. The standard InChI is InChI=1S/C19H34N2O5S.H2/c1-9-21(10-2)18(25)16(20-17(24)12(3)4)19(7,8)27-15(23)11-14(22)26-13(5)6;/h12-13,16H,9-11H2,1-8H3,(H,20,24);1H. The van der Waals surface area contributed by atoms with Crippen LogP contribution in [0.1, 0.15) is 63.2 Å². The van der Waals surface area contributed by atoms with Crippen molar-refractivity contribution >= 4 is 34.7 Å². The average molecular weight is 405 g/mol. The van der Waals surface area contributed by atoms with E-state index in [0.717, 1.165) is 11.8 Å². The molecule has 158 valence electrons. The first-order chi connectivity index (χ1) is 12.3. The Morgan fingerprint density at radius 2 is 1.59 bits per heavy atom. The fraction of sp³-hybridized carbons (Fsp3) is 0.789. The van der Waals surface area contributed by atoms with Crippen molar-refractivity contribution in [1.29, 1.82) is 0 Å². The summed E-state index contributed by atoms with van der Waals surface area (Å²) in [5.41, 5.74) is 0. The van der Waals surface area contributed by atoms with Gasteiger partial charge in [0.25, 0.3) is 0 Å². The van der Waals surface area contributed by atoms with Crippen molar-refractivity contribution in [1.82, 2.24) is 10.2 Å². The van der Waals surface area contributed by atoms with Crippen LogP contribution >= 0.6 is 11.8 Å². The van der Waals surface area contributed by atoms with Crippen LogP contribution < -0.4 is 5.32 Å². The van der Waals surface area contributed by atoms with Crippen molar-refractivity contribution in [2.45, 2.75) is 78.7 Å². The molecule has 0 fully saturated rings. The number of nitrogens with zero attached hydrogens (tertiary/aromatic N) is 1. The Bertz CT molecular complexity index is 548. The molecule has 0 radical (unpaired) electrons. The van der Waals surface area contributed by atoms with Crippen LogP contribution in [0.5, 0.6) is 0 Å². The lowest BCUT2D eigenvalue weighted by Crippen LogP contribution is -2.58. The molecule has 1 unspecified atom stereocenters. The number of esters is 1. The minimum absolute atomic E-state index is 0.